The minimum absolute atomic E-state index is 0.134. The van der Waals surface area contributed by atoms with Gasteiger partial charge in [0.1, 0.15) is 12.1 Å². The maximum Gasteiger partial charge on any atom is 0.243 e. The number of halogens is 1. The van der Waals surface area contributed by atoms with Crippen LogP contribution >= 0.6 is 15.9 Å². The van der Waals surface area contributed by atoms with E-state index in [1.807, 2.05) is 24.4 Å². The summed E-state index contributed by atoms with van der Waals surface area (Å²) >= 11 is 3.43. The third kappa shape index (κ3) is 3.40. The summed E-state index contributed by atoms with van der Waals surface area (Å²) < 4.78 is 0.991. The predicted octanol–water partition coefficient (Wildman–Crippen LogP) is 1.20. The van der Waals surface area contributed by atoms with Crippen molar-refractivity contribution in [1.82, 2.24) is 15.6 Å². The first-order valence-electron chi connectivity index (χ1n) is 7.65. The Bertz CT molecular complexity index is 743. The third-order valence-corrected chi connectivity index (χ3v) is 4.61. The maximum absolute atomic E-state index is 12.3. The van der Waals surface area contributed by atoms with Crippen LogP contribution in [0.5, 0.6) is 0 Å². The topological polar surface area (TPSA) is 100 Å². The van der Waals surface area contributed by atoms with Gasteiger partial charge in [-0.2, -0.15) is 0 Å². The number of benzene rings is 1. The molecule has 5 N–H and O–H groups in total. The Balaban J connectivity index is 1.72. The summed E-state index contributed by atoms with van der Waals surface area (Å²) in [5, 5.41) is 6.68. The van der Waals surface area contributed by atoms with Crippen molar-refractivity contribution in [2.24, 2.45) is 5.73 Å². The second-order valence-electron chi connectivity index (χ2n) is 5.76. The van der Waals surface area contributed by atoms with Gasteiger partial charge in [0.05, 0.1) is 0 Å². The third-order valence-electron chi connectivity index (χ3n) is 4.12. The van der Waals surface area contributed by atoms with Gasteiger partial charge in [-0.05, 0) is 37.1 Å². The molecule has 0 aliphatic carbocycles. The van der Waals surface area contributed by atoms with Crippen LogP contribution in [0.25, 0.3) is 10.9 Å². The zero-order valence-corrected chi connectivity index (χ0v) is 14.2. The zero-order chi connectivity index (χ0) is 16.4. The van der Waals surface area contributed by atoms with Crippen molar-refractivity contribution in [2.45, 2.75) is 31.3 Å². The van der Waals surface area contributed by atoms with Crippen LogP contribution in [0.3, 0.4) is 0 Å². The fourth-order valence-electron chi connectivity index (χ4n) is 2.89. The number of nitrogens with two attached hydrogens (primary N) is 1. The van der Waals surface area contributed by atoms with Crippen LogP contribution in [0.4, 0.5) is 0 Å². The molecule has 1 aromatic carbocycles. The quantitative estimate of drug-likeness (QED) is 0.628. The SMILES string of the molecule is NCCCC1NC(=O)C(Cc2c[nH]c3cc(Br)ccc23)NC1=O. The molecule has 2 atom stereocenters. The van der Waals surface area contributed by atoms with Gasteiger partial charge in [-0.25, -0.2) is 0 Å². The van der Waals surface area contributed by atoms with Gasteiger partial charge in [0.2, 0.25) is 11.8 Å². The molecular formula is C16H19BrN4O2. The fraction of sp³-hybridized carbons (Fsp3) is 0.375. The molecule has 1 aliphatic rings. The summed E-state index contributed by atoms with van der Waals surface area (Å²) in [6, 6.07) is 4.93. The highest BCUT2D eigenvalue weighted by Gasteiger charge is 2.33. The molecule has 7 heteroatoms. The highest BCUT2D eigenvalue weighted by Crippen LogP contribution is 2.23. The van der Waals surface area contributed by atoms with E-state index in [0.29, 0.717) is 25.8 Å². The van der Waals surface area contributed by atoms with Gasteiger partial charge >= 0.3 is 0 Å². The van der Waals surface area contributed by atoms with E-state index in [0.717, 1.165) is 20.9 Å². The highest BCUT2D eigenvalue weighted by atomic mass is 79.9. The van der Waals surface area contributed by atoms with Crippen molar-refractivity contribution in [3.63, 3.8) is 0 Å². The summed E-state index contributed by atoms with van der Waals surface area (Å²) in [5.41, 5.74) is 7.46. The number of hydrogen-bond donors (Lipinski definition) is 4. The predicted molar refractivity (Wildman–Crippen MR) is 91.9 cm³/mol. The van der Waals surface area contributed by atoms with E-state index in [1.54, 1.807) is 0 Å². The van der Waals surface area contributed by atoms with E-state index in [1.165, 1.54) is 0 Å². The number of carbonyl (C=O) groups excluding carboxylic acids is 2. The first kappa shape index (κ1) is 16.0. The standard InChI is InChI=1S/C16H19BrN4O2/c17-10-3-4-11-9(8-19-13(11)7-10)6-14-16(23)20-12(2-1-5-18)15(22)21-14/h3-4,7-8,12,14,19H,1-2,5-6,18H2,(H,20,23)(H,21,22). The van der Waals surface area contributed by atoms with E-state index >= 15 is 0 Å². The fourth-order valence-corrected chi connectivity index (χ4v) is 3.25. The Hall–Kier alpha value is -1.86. The van der Waals surface area contributed by atoms with Crippen molar-refractivity contribution in [3.05, 3.63) is 34.4 Å². The molecular weight excluding hydrogens is 360 g/mol. The van der Waals surface area contributed by atoms with Crippen LogP contribution in [-0.2, 0) is 16.0 Å². The molecule has 0 radical (unpaired) electrons. The molecule has 2 aromatic rings. The second kappa shape index (κ2) is 6.72. The zero-order valence-electron chi connectivity index (χ0n) is 12.6. The smallest absolute Gasteiger partial charge is 0.243 e. The van der Waals surface area contributed by atoms with Crippen LogP contribution in [0.1, 0.15) is 18.4 Å². The van der Waals surface area contributed by atoms with E-state index in [-0.39, 0.29) is 11.8 Å². The molecule has 2 amide bonds. The van der Waals surface area contributed by atoms with E-state index < -0.39 is 12.1 Å². The molecule has 1 saturated heterocycles. The lowest BCUT2D eigenvalue weighted by Gasteiger charge is -2.29. The lowest BCUT2D eigenvalue weighted by Crippen LogP contribution is -2.62. The molecule has 1 aliphatic heterocycles. The van der Waals surface area contributed by atoms with Crippen molar-refractivity contribution in [1.29, 1.82) is 0 Å². The van der Waals surface area contributed by atoms with Crippen molar-refractivity contribution >= 4 is 38.6 Å². The number of fused-ring (bicyclic) bond motifs is 1. The minimum atomic E-state index is -0.542. The monoisotopic (exact) mass is 378 g/mol. The Labute approximate surface area is 142 Å². The van der Waals surface area contributed by atoms with Crippen LogP contribution < -0.4 is 16.4 Å². The number of nitrogens with one attached hydrogen (secondary N) is 3. The maximum atomic E-state index is 12.3. The molecule has 122 valence electrons. The Morgan fingerprint density at radius 2 is 1.87 bits per heavy atom. The largest absolute Gasteiger partial charge is 0.361 e. The van der Waals surface area contributed by atoms with Crippen LogP contribution in [0, 0.1) is 0 Å². The van der Waals surface area contributed by atoms with Gasteiger partial charge in [-0.15, -0.1) is 0 Å². The van der Waals surface area contributed by atoms with Crippen LogP contribution in [0.15, 0.2) is 28.9 Å². The van der Waals surface area contributed by atoms with Crippen LogP contribution in [-0.4, -0.2) is 35.4 Å². The number of H-pyrrole nitrogens is 1. The van der Waals surface area contributed by atoms with Crippen molar-refractivity contribution in [2.75, 3.05) is 6.54 Å². The molecule has 6 nitrogen and oxygen atoms in total. The number of carbonyl (C=O) groups is 2. The number of hydrogen-bond acceptors (Lipinski definition) is 3. The summed E-state index contributed by atoms with van der Waals surface area (Å²) in [7, 11) is 0. The normalized spacial score (nSPS) is 21.3. The minimum Gasteiger partial charge on any atom is -0.361 e. The lowest BCUT2D eigenvalue weighted by atomic mass is 10.00. The molecule has 23 heavy (non-hydrogen) atoms. The summed E-state index contributed by atoms with van der Waals surface area (Å²) in [5.74, 6) is -0.274. The summed E-state index contributed by atoms with van der Waals surface area (Å²) in [6.45, 7) is 0.508. The molecule has 1 aromatic heterocycles. The summed E-state index contributed by atoms with van der Waals surface area (Å²) in [4.78, 5) is 27.6. The number of aromatic nitrogens is 1. The van der Waals surface area contributed by atoms with Crippen molar-refractivity contribution in [3.8, 4) is 0 Å². The molecule has 2 unspecified atom stereocenters. The van der Waals surface area contributed by atoms with E-state index in [2.05, 4.69) is 31.5 Å². The molecule has 2 heterocycles. The number of amides is 2. The van der Waals surface area contributed by atoms with Gasteiger partial charge in [0.15, 0.2) is 0 Å². The number of rotatable bonds is 5. The molecule has 3 rings (SSSR count). The van der Waals surface area contributed by atoms with E-state index in [4.69, 9.17) is 5.73 Å². The first-order chi connectivity index (χ1) is 11.1. The average Bonchev–Trinajstić information content (AvgIpc) is 2.91. The Kier molecular flexibility index (Phi) is 4.68. The van der Waals surface area contributed by atoms with Gasteiger partial charge in [-0.1, -0.05) is 22.0 Å². The lowest BCUT2D eigenvalue weighted by molar-refractivity contribution is -0.136. The van der Waals surface area contributed by atoms with Gasteiger partial charge < -0.3 is 21.4 Å². The molecule has 0 bridgehead atoms. The Morgan fingerprint density at radius 3 is 2.65 bits per heavy atom. The summed E-state index contributed by atoms with van der Waals surface area (Å²) in [6.07, 6.45) is 3.63. The van der Waals surface area contributed by atoms with Gasteiger partial charge in [0.25, 0.3) is 0 Å². The molecule has 1 fully saturated rings. The number of aromatic amines is 1. The van der Waals surface area contributed by atoms with Crippen molar-refractivity contribution < 1.29 is 9.59 Å². The molecule has 0 spiro atoms. The molecule has 0 saturated carbocycles. The first-order valence-corrected chi connectivity index (χ1v) is 8.44. The van der Waals surface area contributed by atoms with Crippen LogP contribution in [0.2, 0.25) is 0 Å². The highest BCUT2D eigenvalue weighted by molar-refractivity contribution is 9.10. The second-order valence-corrected chi connectivity index (χ2v) is 6.68. The van der Waals surface area contributed by atoms with E-state index in [9.17, 15) is 9.59 Å². The van der Waals surface area contributed by atoms with Gasteiger partial charge in [-0.3, -0.25) is 9.59 Å². The number of piperazine rings is 1. The average molecular weight is 379 g/mol. The van der Waals surface area contributed by atoms with Gasteiger partial charge in [0, 0.05) is 28.0 Å². The Morgan fingerprint density at radius 1 is 1.13 bits per heavy atom.